The summed E-state index contributed by atoms with van der Waals surface area (Å²) in [5.41, 5.74) is 5.70. The van der Waals surface area contributed by atoms with E-state index in [-0.39, 0.29) is 12.4 Å². The predicted molar refractivity (Wildman–Crippen MR) is 67.4 cm³/mol. The maximum atomic E-state index is 5.89. The molecule has 1 saturated heterocycles. The van der Waals surface area contributed by atoms with E-state index in [4.69, 9.17) is 4.74 Å². The highest BCUT2D eigenvalue weighted by Crippen LogP contribution is 2.35. The van der Waals surface area contributed by atoms with Crippen LogP contribution in [0.25, 0.3) is 0 Å². The fourth-order valence-electron chi connectivity index (χ4n) is 2.89. The van der Waals surface area contributed by atoms with Crippen molar-refractivity contribution in [3.63, 3.8) is 0 Å². The lowest BCUT2D eigenvalue weighted by molar-refractivity contribution is 0.0295. The molecule has 1 aromatic rings. The Morgan fingerprint density at radius 3 is 2.88 bits per heavy atom. The maximum Gasteiger partial charge on any atom is 0.0784 e. The van der Waals surface area contributed by atoms with Crippen LogP contribution >= 0.6 is 12.4 Å². The van der Waals surface area contributed by atoms with Crippen LogP contribution in [0, 0.1) is 13.8 Å². The first kappa shape index (κ1) is 11.9. The van der Waals surface area contributed by atoms with Crippen molar-refractivity contribution in [2.45, 2.75) is 32.5 Å². The average molecular weight is 240 g/mol. The van der Waals surface area contributed by atoms with Crippen molar-refractivity contribution in [1.29, 1.82) is 0 Å². The second-order valence-corrected chi connectivity index (χ2v) is 4.76. The van der Waals surface area contributed by atoms with Crippen LogP contribution in [-0.4, -0.2) is 19.2 Å². The smallest absolute Gasteiger partial charge is 0.0784 e. The summed E-state index contributed by atoms with van der Waals surface area (Å²) in [4.78, 5) is 0. The molecule has 2 heterocycles. The van der Waals surface area contributed by atoms with Crippen molar-refractivity contribution < 1.29 is 4.74 Å². The Bertz CT molecular complexity index is 405. The molecule has 3 heteroatoms. The Hall–Kier alpha value is -0.570. The Morgan fingerprint density at radius 1 is 1.25 bits per heavy atom. The number of hydrogen-bond donors (Lipinski definition) is 1. The van der Waals surface area contributed by atoms with Crippen LogP contribution in [0.3, 0.4) is 0 Å². The molecule has 0 spiro atoms. The lowest BCUT2D eigenvalue weighted by Crippen LogP contribution is -2.27. The number of ether oxygens (including phenoxy) is 1. The van der Waals surface area contributed by atoms with E-state index < -0.39 is 0 Å². The van der Waals surface area contributed by atoms with Crippen LogP contribution in [0.2, 0.25) is 0 Å². The zero-order valence-electron chi connectivity index (χ0n) is 9.75. The molecule has 1 N–H and O–H groups in total. The zero-order valence-corrected chi connectivity index (χ0v) is 10.6. The fraction of sp³-hybridized carbons (Fsp3) is 0.538. The molecule has 1 aromatic carbocycles. The summed E-state index contributed by atoms with van der Waals surface area (Å²) in [7, 11) is 0. The van der Waals surface area contributed by atoms with E-state index in [0.717, 1.165) is 19.7 Å². The molecule has 0 amide bonds. The third-order valence-corrected chi connectivity index (χ3v) is 3.65. The first-order valence-corrected chi connectivity index (χ1v) is 5.68. The van der Waals surface area contributed by atoms with Gasteiger partial charge in [-0.05, 0) is 30.5 Å². The maximum absolute atomic E-state index is 5.89. The van der Waals surface area contributed by atoms with E-state index in [1.54, 1.807) is 0 Å². The highest BCUT2D eigenvalue weighted by atomic mass is 35.5. The van der Waals surface area contributed by atoms with Gasteiger partial charge in [0, 0.05) is 19.0 Å². The summed E-state index contributed by atoms with van der Waals surface area (Å²) in [5.74, 6) is 0.576. The second-order valence-electron chi connectivity index (χ2n) is 4.76. The van der Waals surface area contributed by atoms with E-state index in [2.05, 4.69) is 31.3 Å². The van der Waals surface area contributed by atoms with Gasteiger partial charge in [0.2, 0.25) is 0 Å². The van der Waals surface area contributed by atoms with Gasteiger partial charge in [-0.2, -0.15) is 0 Å². The van der Waals surface area contributed by atoms with Crippen LogP contribution in [-0.2, 0) is 11.3 Å². The van der Waals surface area contributed by atoms with Crippen molar-refractivity contribution in [2.75, 3.05) is 13.1 Å². The largest absolute Gasteiger partial charge is 0.372 e. The van der Waals surface area contributed by atoms with Gasteiger partial charge in [-0.3, -0.25) is 0 Å². The molecule has 3 rings (SSSR count). The minimum atomic E-state index is 0. The molecular formula is C13H18ClNO. The number of aryl methyl sites for hydroxylation is 2. The van der Waals surface area contributed by atoms with E-state index in [0.29, 0.717) is 12.0 Å². The summed E-state index contributed by atoms with van der Waals surface area (Å²) in [6.07, 6.45) is 0.402. The van der Waals surface area contributed by atoms with Crippen molar-refractivity contribution >= 4 is 12.4 Å². The molecule has 2 aliphatic rings. The first-order chi connectivity index (χ1) is 7.25. The molecular weight excluding hydrogens is 222 g/mol. The van der Waals surface area contributed by atoms with Gasteiger partial charge in [-0.1, -0.05) is 17.7 Å². The summed E-state index contributed by atoms with van der Waals surface area (Å²) >= 11 is 0. The number of rotatable bonds is 0. The highest BCUT2D eigenvalue weighted by Gasteiger charge is 2.34. The van der Waals surface area contributed by atoms with Crippen molar-refractivity contribution in [2.24, 2.45) is 0 Å². The predicted octanol–water partition coefficient (Wildman–Crippen LogP) is 2.31. The molecule has 1 fully saturated rings. The first-order valence-electron chi connectivity index (χ1n) is 5.68. The van der Waals surface area contributed by atoms with Crippen molar-refractivity contribution in [1.82, 2.24) is 5.32 Å². The quantitative estimate of drug-likeness (QED) is 0.750. The summed E-state index contributed by atoms with van der Waals surface area (Å²) < 4.78 is 5.89. The van der Waals surface area contributed by atoms with E-state index in [1.165, 1.54) is 22.3 Å². The van der Waals surface area contributed by atoms with E-state index >= 15 is 0 Å². The molecule has 0 bridgehead atoms. The summed E-state index contributed by atoms with van der Waals surface area (Å²) in [5, 5.41) is 3.42. The normalized spacial score (nSPS) is 26.9. The molecule has 2 nitrogen and oxygen atoms in total. The minimum Gasteiger partial charge on any atom is -0.372 e. The molecule has 0 unspecified atom stereocenters. The van der Waals surface area contributed by atoms with E-state index in [9.17, 15) is 0 Å². The fourth-order valence-corrected chi connectivity index (χ4v) is 2.89. The van der Waals surface area contributed by atoms with Gasteiger partial charge in [0.25, 0.3) is 0 Å². The lowest BCUT2D eigenvalue weighted by atomic mass is 9.86. The Balaban J connectivity index is 0.000000963. The third kappa shape index (κ3) is 1.75. The van der Waals surface area contributed by atoms with Crippen LogP contribution in [0.5, 0.6) is 0 Å². The monoisotopic (exact) mass is 239 g/mol. The van der Waals surface area contributed by atoms with Gasteiger partial charge in [0.15, 0.2) is 0 Å². The Labute approximate surface area is 103 Å². The number of nitrogens with one attached hydrogen (secondary N) is 1. The summed E-state index contributed by atoms with van der Waals surface area (Å²) in [6, 6.07) is 4.60. The van der Waals surface area contributed by atoms with Gasteiger partial charge in [0.05, 0.1) is 12.7 Å². The second kappa shape index (κ2) is 4.36. The van der Waals surface area contributed by atoms with Crippen molar-refractivity contribution in [3.05, 3.63) is 34.4 Å². The SMILES string of the molecule is Cc1cc(C)c2c(c1)[C@H]1CNC[C@@H]1OC2.Cl. The molecule has 0 aliphatic carbocycles. The molecule has 88 valence electrons. The van der Waals surface area contributed by atoms with Gasteiger partial charge < -0.3 is 10.1 Å². The van der Waals surface area contributed by atoms with Crippen LogP contribution in [0.1, 0.15) is 28.2 Å². The lowest BCUT2D eigenvalue weighted by Gasteiger charge is -2.29. The Morgan fingerprint density at radius 2 is 2.06 bits per heavy atom. The molecule has 0 aromatic heterocycles. The van der Waals surface area contributed by atoms with Crippen molar-refractivity contribution in [3.8, 4) is 0 Å². The third-order valence-electron chi connectivity index (χ3n) is 3.65. The number of benzene rings is 1. The van der Waals surface area contributed by atoms with Gasteiger partial charge in [0.1, 0.15) is 0 Å². The standard InChI is InChI=1S/C13H17NO.ClH/c1-8-3-9(2)12-7-15-13-6-14-5-11(13)10(12)4-8;/h3-4,11,13-14H,5-7H2,1-2H3;1H/t11-,13+;/m1./s1. The summed E-state index contributed by atoms with van der Waals surface area (Å²) in [6.45, 7) is 7.25. The molecule has 2 atom stereocenters. The number of halogens is 1. The Kier molecular flexibility index (Phi) is 3.24. The average Bonchev–Trinajstić information content (AvgIpc) is 2.65. The minimum absolute atomic E-state index is 0. The molecule has 2 aliphatic heterocycles. The number of fused-ring (bicyclic) bond motifs is 3. The zero-order chi connectivity index (χ0) is 10.4. The van der Waals surface area contributed by atoms with Gasteiger partial charge in [-0.15, -0.1) is 12.4 Å². The van der Waals surface area contributed by atoms with Gasteiger partial charge in [-0.25, -0.2) is 0 Å². The molecule has 16 heavy (non-hydrogen) atoms. The number of hydrogen-bond acceptors (Lipinski definition) is 2. The molecule has 0 radical (unpaired) electrons. The molecule has 0 saturated carbocycles. The van der Waals surface area contributed by atoms with Crippen LogP contribution < -0.4 is 5.32 Å². The van der Waals surface area contributed by atoms with Crippen LogP contribution in [0.4, 0.5) is 0 Å². The van der Waals surface area contributed by atoms with Crippen LogP contribution in [0.15, 0.2) is 12.1 Å². The van der Waals surface area contributed by atoms with E-state index in [1.807, 2.05) is 0 Å². The topological polar surface area (TPSA) is 21.3 Å². The highest BCUT2D eigenvalue weighted by molar-refractivity contribution is 5.85. The van der Waals surface area contributed by atoms with Gasteiger partial charge >= 0.3 is 0 Å².